The van der Waals surface area contributed by atoms with Crippen LogP contribution in [0.2, 0.25) is 0 Å². The monoisotopic (exact) mass is 242 g/mol. The fourth-order valence-electron chi connectivity index (χ4n) is 2.16. The second-order valence-corrected chi connectivity index (χ2v) is 4.51. The number of unbranched alkanes of at least 4 members (excludes halogenated alkanes) is 1. The lowest BCUT2D eigenvalue weighted by Crippen LogP contribution is -2.47. The normalized spacial score (nSPS) is 17.6. The molecule has 94 valence electrons. The van der Waals surface area contributed by atoms with Crippen LogP contribution < -0.4 is 10.6 Å². The van der Waals surface area contributed by atoms with Crippen molar-refractivity contribution in [3.8, 4) is 12.3 Å². The summed E-state index contributed by atoms with van der Waals surface area (Å²) >= 11 is 0. The van der Waals surface area contributed by atoms with Gasteiger partial charge in [-0.3, -0.25) is 4.79 Å². The molecule has 1 aromatic rings. The topological polar surface area (TPSA) is 41.1 Å². The maximum absolute atomic E-state index is 11.9. The lowest BCUT2D eigenvalue weighted by atomic mass is 9.95. The van der Waals surface area contributed by atoms with E-state index in [0.29, 0.717) is 13.0 Å². The third kappa shape index (κ3) is 3.12. The van der Waals surface area contributed by atoms with E-state index in [-0.39, 0.29) is 11.9 Å². The molecule has 0 unspecified atom stereocenters. The average Bonchev–Trinajstić information content (AvgIpc) is 2.43. The average molecular weight is 242 g/mol. The van der Waals surface area contributed by atoms with Crippen molar-refractivity contribution in [3.63, 3.8) is 0 Å². The SMILES string of the molecule is C#CCCCNC(=O)[C@H]1Cc2ccccc2CN1. The van der Waals surface area contributed by atoms with E-state index in [0.717, 1.165) is 19.4 Å². The molecule has 2 rings (SSSR count). The summed E-state index contributed by atoms with van der Waals surface area (Å²) in [5.74, 6) is 2.64. The summed E-state index contributed by atoms with van der Waals surface area (Å²) in [6.45, 7) is 1.42. The number of terminal acetylenes is 1. The predicted octanol–water partition coefficient (Wildman–Crippen LogP) is 1.23. The maximum atomic E-state index is 11.9. The third-order valence-electron chi connectivity index (χ3n) is 3.19. The molecular weight excluding hydrogens is 224 g/mol. The van der Waals surface area contributed by atoms with Gasteiger partial charge in [0.15, 0.2) is 0 Å². The van der Waals surface area contributed by atoms with E-state index in [1.165, 1.54) is 11.1 Å². The van der Waals surface area contributed by atoms with Crippen LogP contribution in [-0.2, 0) is 17.8 Å². The summed E-state index contributed by atoms with van der Waals surface area (Å²) in [6.07, 6.45) is 7.48. The van der Waals surface area contributed by atoms with E-state index in [9.17, 15) is 4.79 Å². The summed E-state index contributed by atoms with van der Waals surface area (Å²) < 4.78 is 0. The van der Waals surface area contributed by atoms with Crippen molar-refractivity contribution < 1.29 is 4.79 Å². The first-order valence-corrected chi connectivity index (χ1v) is 6.32. The van der Waals surface area contributed by atoms with Crippen LogP contribution in [-0.4, -0.2) is 18.5 Å². The van der Waals surface area contributed by atoms with Gasteiger partial charge in [-0.25, -0.2) is 0 Å². The third-order valence-corrected chi connectivity index (χ3v) is 3.19. The van der Waals surface area contributed by atoms with Crippen LogP contribution in [0, 0.1) is 12.3 Å². The van der Waals surface area contributed by atoms with E-state index >= 15 is 0 Å². The van der Waals surface area contributed by atoms with Crippen molar-refractivity contribution in [2.24, 2.45) is 0 Å². The van der Waals surface area contributed by atoms with Gasteiger partial charge in [-0.2, -0.15) is 0 Å². The molecule has 3 nitrogen and oxygen atoms in total. The van der Waals surface area contributed by atoms with Crippen molar-refractivity contribution in [2.75, 3.05) is 6.54 Å². The molecule has 1 aliphatic rings. The Morgan fingerprint density at radius 2 is 2.22 bits per heavy atom. The smallest absolute Gasteiger partial charge is 0.237 e. The number of hydrogen-bond acceptors (Lipinski definition) is 2. The van der Waals surface area contributed by atoms with Crippen molar-refractivity contribution in [1.82, 2.24) is 10.6 Å². The number of amides is 1. The van der Waals surface area contributed by atoms with E-state index < -0.39 is 0 Å². The molecule has 18 heavy (non-hydrogen) atoms. The summed E-state index contributed by atoms with van der Waals surface area (Å²) in [5, 5.41) is 6.18. The van der Waals surface area contributed by atoms with Gasteiger partial charge in [-0.05, 0) is 24.0 Å². The van der Waals surface area contributed by atoms with E-state index in [4.69, 9.17) is 6.42 Å². The van der Waals surface area contributed by atoms with E-state index in [2.05, 4.69) is 28.7 Å². The van der Waals surface area contributed by atoms with Crippen molar-refractivity contribution in [2.45, 2.75) is 31.8 Å². The van der Waals surface area contributed by atoms with Gasteiger partial charge in [0.2, 0.25) is 5.91 Å². The standard InChI is InChI=1S/C15H18N2O/c1-2-3-6-9-16-15(18)14-10-12-7-4-5-8-13(12)11-17-14/h1,4-5,7-8,14,17H,3,6,9-11H2,(H,16,18)/t14-/m1/s1. The molecule has 1 aliphatic heterocycles. The maximum Gasteiger partial charge on any atom is 0.237 e. The summed E-state index contributed by atoms with van der Waals surface area (Å²) in [7, 11) is 0. The number of carbonyl (C=O) groups excluding carboxylic acids is 1. The molecular formula is C15H18N2O. The van der Waals surface area contributed by atoms with Crippen LogP contribution >= 0.6 is 0 Å². The number of carbonyl (C=O) groups is 1. The van der Waals surface area contributed by atoms with Gasteiger partial charge in [-0.15, -0.1) is 12.3 Å². The first-order chi connectivity index (χ1) is 8.81. The Bertz CT molecular complexity index is 462. The van der Waals surface area contributed by atoms with Gasteiger partial charge in [0.25, 0.3) is 0 Å². The highest BCUT2D eigenvalue weighted by molar-refractivity contribution is 5.82. The quantitative estimate of drug-likeness (QED) is 0.616. The van der Waals surface area contributed by atoms with E-state index in [1.54, 1.807) is 0 Å². The Hall–Kier alpha value is -1.79. The molecule has 1 aromatic carbocycles. The Balaban J connectivity index is 1.85. The summed E-state index contributed by atoms with van der Waals surface area (Å²) in [4.78, 5) is 11.9. The Kier molecular flexibility index (Phi) is 4.38. The number of fused-ring (bicyclic) bond motifs is 1. The Morgan fingerprint density at radius 1 is 1.44 bits per heavy atom. The van der Waals surface area contributed by atoms with Gasteiger partial charge in [0.05, 0.1) is 6.04 Å². The highest BCUT2D eigenvalue weighted by atomic mass is 16.2. The molecule has 2 N–H and O–H groups in total. The predicted molar refractivity (Wildman–Crippen MR) is 71.9 cm³/mol. The molecule has 0 aliphatic carbocycles. The lowest BCUT2D eigenvalue weighted by molar-refractivity contribution is -0.123. The zero-order valence-corrected chi connectivity index (χ0v) is 10.4. The second kappa shape index (κ2) is 6.23. The van der Waals surface area contributed by atoms with Crippen LogP contribution in [0.25, 0.3) is 0 Å². The zero-order valence-electron chi connectivity index (χ0n) is 10.4. The van der Waals surface area contributed by atoms with Crippen LogP contribution in [0.4, 0.5) is 0 Å². The molecule has 0 radical (unpaired) electrons. The van der Waals surface area contributed by atoms with Crippen LogP contribution in [0.15, 0.2) is 24.3 Å². The van der Waals surface area contributed by atoms with Gasteiger partial charge < -0.3 is 10.6 Å². The largest absolute Gasteiger partial charge is 0.355 e. The van der Waals surface area contributed by atoms with Crippen molar-refractivity contribution in [1.29, 1.82) is 0 Å². The van der Waals surface area contributed by atoms with Crippen molar-refractivity contribution >= 4 is 5.91 Å². The molecule has 1 amide bonds. The highest BCUT2D eigenvalue weighted by Gasteiger charge is 2.23. The van der Waals surface area contributed by atoms with Crippen molar-refractivity contribution in [3.05, 3.63) is 35.4 Å². The first kappa shape index (κ1) is 12.7. The molecule has 1 atom stereocenters. The van der Waals surface area contributed by atoms with Crippen LogP contribution in [0.1, 0.15) is 24.0 Å². The first-order valence-electron chi connectivity index (χ1n) is 6.32. The second-order valence-electron chi connectivity index (χ2n) is 4.51. The molecule has 0 saturated heterocycles. The summed E-state index contributed by atoms with van der Waals surface area (Å²) in [6, 6.07) is 8.12. The molecule has 0 fully saturated rings. The molecule has 0 aromatic heterocycles. The number of nitrogens with one attached hydrogen (secondary N) is 2. The minimum absolute atomic E-state index is 0.0709. The number of rotatable bonds is 4. The minimum atomic E-state index is -0.120. The van der Waals surface area contributed by atoms with Gasteiger partial charge in [0.1, 0.15) is 0 Å². The van der Waals surface area contributed by atoms with Gasteiger partial charge in [-0.1, -0.05) is 24.3 Å². The van der Waals surface area contributed by atoms with Crippen LogP contribution in [0.3, 0.4) is 0 Å². The summed E-state index contributed by atoms with van der Waals surface area (Å²) in [5.41, 5.74) is 2.55. The van der Waals surface area contributed by atoms with Gasteiger partial charge >= 0.3 is 0 Å². The zero-order chi connectivity index (χ0) is 12.8. The fourth-order valence-corrected chi connectivity index (χ4v) is 2.16. The highest BCUT2D eigenvalue weighted by Crippen LogP contribution is 2.16. The van der Waals surface area contributed by atoms with E-state index in [1.807, 2.05) is 12.1 Å². The molecule has 0 saturated carbocycles. The molecule has 0 spiro atoms. The van der Waals surface area contributed by atoms with Gasteiger partial charge in [0, 0.05) is 19.5 Å². The molecule has 1 heterocycles. The fraction of sp³-hybridized carbons (Fsp3) is 0.400. The molecule has 0 bridgehead atoms. The number of benzene rings is 1. The Morgan fingerprint density at radius 3 is 3.00 bits per heavy atom. The Labute approximate surface area is 108 Å². The number of hydrogen-bond donors (Lipinski definition) is 2. The van der Waals surface area contributed by atoms with Crippen LogP contribution in [0.5, 0.6) is 0 Å². The molecule has 3 heteroatoms. The minimum Gasteiger partial charge on any atom is -0.355 e. The lowest BCUT2D eigenvalue weighted by Gasteiger charge is -2.25.